The molecule has 6 nitrogen and oxygen atoms in total. The minimum atomic E-state index is -0.0898. The fourth-order valence-corrected chi connectivity index (χ4v) is 3.67. The summed E-state index contributed by atoms with van der Waals surface area (Å²) in [6.45, 7) is 5.49. The van der Waals surface area contributed by atoms with Crippen LogP contribution < -0.4 is 10.1 Å². The summed E-state index contributed by atoms with van der Waals surface area (Å²) in [6, 6.07) is 6.44. The number of benzene rings is 1. The number of nitrogens with one attached hydrogen (secondary N) is 1. The van der Waals surface area contributed by atoms with Gasteiger partial charge in [-0.3, -0.25) is 9.79 Å². The highest BCUT2D eigenvalue weighted by Gasteiger charge is 2.28. The quantitative estimate of drug-likeness (QED) is 0.300. The molecule has 0 aliphatic carbocycles. The van der Waals surface area contributed by atoms with E-state index in [1.165, 1.54) is 11.1 Å². The molecule has 7 heteroatoms. The van der Waals surface area contributed by atoms with Gasteiger partial charge in [-0.05, 0) is 43.4 Å². The lowest BCUT2D eigenvalue weighted by atomic mass is 9.98. The fraction of sp³-hybridized carbons (Fsp3) is 0.600. The van der Waals surface area contributed by atoms with Gasteiger partial charge in [-0.15, -0.1) is 24.0 Å². The van der Waals surface area contributed by atoms with Crippen LogP contribution in [0.2, 0.25) is 0 Å². The third-order valence-corrected chi connectivity index (χ3v) is 5.00. The fourth-order valence-electron chi connectivity index (χ4n) is 3.67. The van der Waals surface area contributed by atoms with Crippen LogP contribution in [0.1, 0.15) is 30.9 Å². The number of ether oxygens (including phenoxy) is 2. The molecule has 1 aromatic carbocycles. The Labute approximate surface area is 178 Å². The summed E-state index contributed by atoms with van der Waals surface area (Å²) in [4.78, 5) is 18.6. The van der Waals surface area contributed by atoms with Crippen molar-refractivity contribution in [1.82, 2.24) is 10.2 Å². The Bertz CT molecular complexity index is 666. The second-order valence-corrected chi connectivity index (χ2v) is 6.80. The number of carbonyl (C=O) groups excluding carboxylic acids is 1. The Balaban J connectivity index is 0.00000261. The van der Waals surface area contributed by atoms with Gasteiger partial charge in [-0.1, -0.05) is 12.1 Å². The van der Waals surface area contributed by atoms with Crippen LogP contribution in [0.4, 0.5) is 0 Å². The van der Waals surface area contributed by atoms with Crippen LogP contribution in [0.25, 0.3) is 0 Å². The van der Waals surface area contributed by atoms with Crippen molar-refractivity contribution in [1.29, 1.82) is 0 Å². The van der Waals surface area contributed by atoms with Gasteiger partial charge in [0.05, 0.1) is 19.1 Å². The number of fused-ring (bicyclic) bond motifs is 1. The first-order valence-electron chi connectivity index (χ1n) is 9.58. The zero-order chi connectivity index (χ0) is 18.4. The van der Waals surface area contributed by atoms with Crippen molar-refractivity contribution in [3.63, 3.8) is 0 Å². The zero-order valence-corrected chi connectivity index (χ0v) is 18.5. The van der Waals surface area contributed by atoms with Crippen molar-refractivity contribution < 1.29 is 14.3 Å². The molecule has 0 bridgehead atoms. The van der Waals surface area contributed by atoms with E-state index < -0.39 is 0 Å². The lowest BCUT2D eigenvalue weighted by Gasteiger charge is -2.34. The molecular weight excluding hydrogens is 457 g/mol. The van der Waals surface area contributed by atoms with Gasteiger partial charge in [-0.2, -0.15) is 0 Å². The minimum Gasteiger partial charge on any atom is -0.493 e. The van der Waals surface area contributed by atoms with Gasteiger partial charge in [0.25, 0.3) is 0 Å². The molecule has 0 amide bonds. The molecule has 2 heterocycles. The second kappa shape index (κ2) is 10.7. The lowest BCUT2D eigenvalue weighted by Crippen LogP contribution is -2.48. The first-order chi connectivity index (χ1) is 12.7. The van der Waals surface area contributed by atoms with Gasteiger partial charge in [0.2, 0.25) is 0 Å². The Hall–Kier alpha value is -1.51. The summed E-state index contributed by atoms with van der Waals surface area (Å²) >= 11 is 0. The molecule has 150 valence electrons. The predicted molar refractivity (Wildman–Crippen MR) is 117 cm³/mol. The predicted octanol–water partition coefficient (Wildman–Crippen LogP) is 2.63. The van der Waals surface area contributed by atoms with Gasteiger partial charge in [0.1, 0.15) is 5.75 Å². The number of hydrogen-bond acceptors (Lipinski definition) is 4. The first kappa shape index (κ1) is 21.8. The average Bonchev–Trinajstić information content (AvgIpc) is 3.13. The highest BCUT2D eigenvalue weighted by molar-refractivity contribution is 14.0. The van der Waals surface area contributed by atoms with Gasteiger partial charge in [-0.25, -0.2) is 0 Å². The van der Waals surface area contributed by atoms with Crippen molar-refractivity contribution >= 4 is 35.9 Å². The number of carbonyl (C=O) groups is 1. The molecule has 3 rings (SSSR count). The second-order valence-electron chi connectivity index (χ2n) is 6.80. The van der Waals surface area contributed by atoms with Gasteiger partial charge in [0.15, 0.2) is 5.96 Å². The SMILES string of the molecule is CCOC(=O)C1CCCN(C(=NC)NCCc2ccc3c(c2)CCO3)C1.I. The molecule has 0 aromatic heterocycles. The Kier molecular flexibility index (Phi) is 8.66. The van der Waals surface area contributed by atoms with E-state index in [0.29, 0.717) is 13.2 Å². The van der Waals surface area contributed by atoms with Gasteiger partial charge < -0.3 is 19.7 Å². The smallest absolute Gasteiger partial charge is 0.310 e. The monoisotopic (exact) mass is 487 g/mol. The number of nitrogens with zero attached hydrogens (tertiary/aromatic N) is 2. The van der Waals surface area contributed by atoms with Crippen LogP contribution in [-0.4, -0.2) is 56.7 Å². The summed E-state index contributed by atoms with van der Waals surface area (Å²) in [5, 5.41) is 3.44. The standard InChI is InChI=1S/C20H29N3O3.HI/c1-3-25-19(24)17-5-4-11-23(14-17)20(21-2)22-10-8-15-6-7-18-16(13-15)9-12-26-18;/h6-7,13,17H,3-5,8-12,14H2,1-2H3,(H,21,22);1H. The van der Waals surface area contributed by atoms with E-state index >= 15 is 0 Å². The first-order valence-corrected chi connectivity index (χ1v) is 9.58. The maximum absolute atomic E-state index is 12.0. The summed E-state index contributed by atoms with van der Waals surface area (Å²) in [5.41, 5.74) is 2.61. The molecule has 1 unspecified atom stereocenters. The third-order valence-electron chi connectivity index (χ3n) is 5.00. The highest BCUT2D eigenvalue weighted by Crippen LogP contribution is 2.26. The van der Waals surface area contributed by atoms with Crippen LogP contribution in [0.15, 0.2) is 23.2 Å². The number of halogens is 1. The average molecular weight is 487 g/mol. The van der Waals surface area contributed by atoms with E-state index in [2.05, 4.69) is 33.4 Å². The molecule has 0 spiro atoms. The summed E-state index contributed by atoms with van der Waals surface area (Å²) in [7, 11) is 1.79. The molecule has 1 N–H and O–H groups in total. The number of aliphatic imine (C=N–C) groups is 1. The van der Waals surface area contributed by atoms with E-state index in [9.17, 15) is 4.79 Å². The van der Waals surface area contributed by atoms with E-state index in [4.69, 9.17) is 9.47 Å². The maximum atomic E-state index is 12.0. The molecule has 1 aromatic rings. The van der Waals surface area contributed by atoms with Gasteiger partial charge in [0, 0.05) is 33.1 Å². The van der Waals surface area contributed by atoms with Crippen LogP contribution in [0, 0.1) is 5.92 Å². The molecule has 0 saturated carbocycles. The van der Waals surface area contributed by atoms with E-state index in [0.717, 1.165) is 57.1 Å². The number of hydrogen-bond donors (Lipinski definition) is 1. The Morgan fingerprint density at radius 1 is 1.44 bits per heavy atom. The largest absolute Gasteiger partial charge is 0.493 e. The minimum absolute atomic E-state index is 0. The van der Waals surface area contributed by atoms with E-state index in [-0.39, 0.29) is 35.9 Å². The third kappa shape index (κ3) is 5.73. The topological polar surface area (TPSA) is 63.2 Å². The number of esters is 1. The molecule has 2 aliphatic heterocycles. The number of guanidine groups is 1. The molecule has 1 atom stereocenters. The maximum Gasteiger partial charge on any atom is 0.310 e. The molecule has 2 aliphatic rings. The van der Waals surface area contributed by atoms with Crippen molar-refractivity contribution in [2.24, 2.45) is 10.9 Å². The normalized spacial score (nSPS) is 19.0. The molecule has 27 heavy (non-hydrogen) atoms. The zero-order valence-electron chi connectivity index (χ0n) is 16.2. The van der Waals surface area contributed by atoms with Crippen LogP contribution in [-0.2, 0) is 22.4 Å². The number of rotatable bonds is 5. The molecule has 1 saturated heterocycles. The number of piperidine rings is 1. The molecular formula is C20H30IN3O3. The molecule has 0 radical (unpaired) electrons. The van der Waals surface area contributed by atoms with Gasteiger partial charge >= 0.3 is 5.97 Å². The van der Waals surface area contributed by atoms with Crippen molar-refractivity contribution in [2.45, 2.75) is 32.6 Å². The molecule has 1 fully saturated rings. The highest BCUT2D eigenvalue weighted by atomic mass is 127. The van der Waals surface area contributed by atoms with E-state index in [1.807, 2.05) is 6.92 Å². The summed E-state index contributed by atoms with van der Waals surface area (Å²) in [5.74, 6) is 1.74. The van der Waals surface area contributed by atoms with E-state index in [1.54, 1.807) is 7.05 Å². The van der Waals surface area contributed by atoms with Crippen LogP contribution in [0.3, 0.4) is 0 Å². The van der Waals surface area contributed by atoms with Crippen molar-refractivity contribution in [3.05, 3.63) is 29.3 Å². The Morgan fingerprint density at radius 3 is 3.07 bits per heavy atom. The van der Waals surface area contributed by atoms with Crippen molar-refractivity contribution in [2.75, 3.05) is 39.9 Å². The summed E-state index contributed by atoms with van der Waals surface area (Å²) < 4.78 is 10.7. The lowest BCUT2D eigenvalue weighted by molar-refractivity contribution is -0.149. The summed E-state index contributed by atoms with van der Waals surface area (Å²) in [6.07, 6.45) is 3.81. The van der Waals surface area contributed by atoms with Crippen LogP contribution in [0.5, 0.6) is 5.75 Å². The Morgan fingerprint density at radius 2 is 2.30 bits per heavy atom. The van der Waals surface area contributed by atoms with Crippen LogP contribution >= 0.6 is 24.0 Å². The van der Waals surface area contributed by atoms with Crippen molar-refractivity contribution in [3.8, 4) is 5.75 Å². The number of likely N-dealkylation sites (tertiary alicyclic amines) is 1.